The maximum atomic E-state index is 12.1. The van der Waals surface area contributed by atoms with Gasteiger partial charge in [-0.1, -0.05) is 0 Å². The van der Waals surface area contributed by atoms with Crippen LogP contribution in [-0.4, -0.2) is 24.3 Å². The van der Waals surface area contributed by atoms with Crippen molar-refractivity contribution in [1.29, 1.82) is 0 Å². The van der Waals surface area contributed by atoms with E-state index in [0.29, 0.717) is 10.1 Å². The number of halogens is 1. The first-order valence-electron chi connectivity index (χ1n) is 5.60. The molecule has 6 nitrogen and oxygen atoms in total. The Morgan fingerprint density at radius 3 is 2.78 bits per heavy atom. The van der Waals surface area contributed by atoms with Crippen LogP contribution in [-0.2, 0) is 6.54 Å². The lowest BCUT2D eigenvalue weighted by Gasteiger charge is -2.10. The fraction of sp³-hybridized carbons (Fsp3) is 0.455. The zero-order valence-corrected chi connectivity index (χ0v) is 12.6. The van der Waals surface area contributed by atoms with Crippen LogP contribution < -0.4 is 5.56 Å². The van der Waals surface area contributed by atoms with E-state index in [2.05, 4.69) is 15.1 Å². The number of nitrogens with zero attached hydrogens (tertiary/aromatic N) is 5. The van der Waals surface area contributed by atoms with E-state index in [0.717, 1.165) is 11.5 Å². The second kappa shape index (κ2) is 5.17. The summed E-state index contributed by atoms with van der Waals surface area (Å²) < 4.78 is 4.00. The van der Waals surface area contributed by atoms with Gasteiger partial charge >= 0.3 is 0 Å². The largest absolute Gasteiger partial charge is 0.291 e. The molecule has 0 amide bonds. The average molecular weight is 359 g/mol. The molecule has 0 N–H and O–H groups in total. The summed E-state index contributed by atoms with van der Waals surface area (Å²) in [6.07, 6.45) is 3.06. The van der Waals surface area contributed by atoms with Crippen molar-refractivity contribution in [3.8, 4) is 0 Å². The van der Waals surface area contributed by atoms with Gasteiger partial charge in [0.05, 0.1) is 22.1 Å². The highest BCUT2D eigenvalue weighted by molar-refractivity contribution is 14.1. The highest BCUT2D eigenvalue weighted by atomic mass is 127. The van der Waals surface area contributed by atoms with Crippen LogP contribution in [0.1, 0.15) is 31.4 Å². The molecule has 0 saturated heterocycles. The molecule has 0 aliphatic carbocycles. The molecule has 0 unspecified atom stereocenters. The third-order valence-corrected chi connectivity index (χ3v) is 3.85. The van der Waals surface area contributed by atoms with Gasteiger partial charge in [-0.2, -0.15) is 5.10 Å². The Labute approximate surface area is 118 Å². The van der Waals surface area contributed by atoms with Crippen molar-refractivity contribution in [3.63, 3.8) is 0 Å². The minimum Gasteiger partial charge on any atom is -0.291 e. The van der Waals surface area contributed by atoms with Crippen LogP contribution >= 0.6 is 22.6 Å². The number of rotatable bonds is 3. The zero-order chi connectivity index (χ0) is 13.3. The Morgan fingerprint density at radius 1 is 1.39 bits per heavy atom. The molecule has 0 spiro atoms. The molecule has 0 aliphatic heterocycles. The lowest BCUT2D eigenvalue weighted by molar-refractivity contribution is 0.492. The van der Waals surface area contributed by atoms with E-state index < -0.39 is 0 Å². The van der Waals surface area contributed by atoms with E-state index >= 15 is 0 Å². The summed E-state index contributed by atoms with van der Waals surface area (Å²) in [5, 5.41) is 4.15. The molecule has 0 atom stereocenters. The predicted octanol–water partition coefficient (Wildman–Crippen LogP) is 1.38. The molecular weight excluding hydrogens is 345 g/mol. The molecule has 0 saturated carbocycles. The summed E-state index contributed by atoms with van der Waals surface area (Å²) in [6.45, 7) is 6.26. The SMILES string of the molecule is Cc1ncn(Cc2ncnn2C(C)C)c(=O)c1I. The van der Waals surface area contributed by atoms with Gasteiger partial charge in [0.25, 0.3) is 5.56 Å². The van der Waals surface area contributed by atoms with E-state index in [4.69, 9.17) is 0 Å². The Hall–Kier alpha value is -1.25. The van der Waals surface area contributed by atoms with Crippen molar-refractivity contribution in [3.05, 3.63) is 38.1 Å². The van der Waals surface area contributed by atoms with Gasteiger partial charge in [0, 0.05) is 6.04 Å². The van der Waals surface area contributed by atoms with Gasteiger partial charge in [-0.05, 0) is 43.4 Å². The van der Waals surface area contributed by atoms with Gasteiger partial charge in [0.15, 0.2) is 0 Å². The maximum absolute atomic E-state index is 12.1. The zero-order valence-electron chi connectivity index (χ0n) is 10.5. The van der Waals surface area contributed by atoms with Crippen LogP contribution in [0.2, 0.25) is 0 Å². The molecule has 7 heteroatoms. The molecule has 0 fully saturated rings. The van der Waals surface area contributed by atoms with Gasteiger partial charge in [-0.3, -0.25) is 9.36 Å². The first-order chi connectivity index (χ1) is 8.50. The van der Waals surface area contributed by atoms with Gasteiger partial charge in [0.2, 0.25) is 0 Å². The number of hydrogen-bond acceptors (Lipinski definition) is 4. The van der Waals surface area contributed by atoms with Crippen LogP contribution in [0.3, 0.4) is 0 Å². The standard InChI is InChI=1S/C11H14IN5O/c1-7(2)17-9(13-5-15-17)4-16-6-14-8(3)10(12)11(16)18/h5-7H,4H2,1-3H3. The maximum Gasteiger partial charge on any atom is 0.267 e. The summed E-state index contributed by atoms with van der Waals surface area (Å²) in [7, 11) is 0. The lowest BCUT2D eigenvalue weighted by Crippen LogP contribution is -2.26. The number of hydrogen-bond donors (Lipinski definition) is 0. The molecule has 0 aromatic carbocycles. The molecule has 96 valence electrons. The van der Waals surface area contributed by atoms with E-state index in [1.807, 2.05) is 43.4 Å². The van der Waals surface area contributed by atoms with E-state index in [1.54, 1.807) is 15.6 Å². The highest BCUT2D eigenvalue weighted by Crippen LogP contribution is 2.07. The molecular formula is C11H14IN5O. The lowest BCUT2D eigenvalue weighted by atomic mass is 10.4. The van der Waals surface area contributed by atoms with Crippen LogP contribution in [0.4, 0.5) is 0 Å². The average Bonchev–Trinajstić information content (AvgIpc) is 2.78. The summed E-state index contributed by atoms with van der Waals surface area (Å²) in [5.41, 5.74) is 0.712. The smallest absolute Gasteiger partial charge is 0.267 e. The van der Waals surface area contributed by atoms with Crippen LogP contribution in [0, 0.1) is 10.5 Å². The quantitative estimate of drug-likeness (QED) is 0.777. The van der Waals surface area contributed by atoms with E-state index in [1.165, 1.54) is 6.33 Å². The van der Waals surface area contributed by atoms with Gasteiger partial charge < -0.3 is 0 Å². The van der Waals surface area contributed by atoms with Crippen molar-refractivity contribution in [2.45, 2.75) is 33.4 Å². The van der Waals surface area contributed by atoms with Crippen molar-refractivity contribution < 1.29 is 0 Å². The molecule has 0 aliphatic rings. The fourth-order valence-corrected chi connectivity index (χ4v) is 2.08. The Kier molecular flexibility index (Phi) is 3.79. The number of aryl methyl sites for hydroxylation is 1. The highest BCUT2D eigenvalue weighted by Gasteiger charge is 2.11. The molecule has 0 radical (unpaired) electrons. The number of aromatic nitrogens is 5. The van der Waals surface area contributed by atoms with Gasteiger partial charge in [-0.15, -0.1) is 0 Å². The molecule has 18 heavy (non-hydrogen) atoms. The fourth-order valence-electron chi connectivity index (χ4n) is 1.63. The second-order valence-electron chi connectivity index (χ2n) is 4.29. The molecule has 0 bridgehead atoms. The summed E-state index contributed by atoms with van der Waals surface area (Å²) in [5.74, 6) is 0.758. The van der Waals surface area contributed by atoms with Crippen LogP contribution in [0.25, 0.3) is 0 Å². The summed E-state index contributed by atoms with van der Waals surface area (Å²) in [6, 6.07) is 0.218. The minimum atomic E-state index is -0.0404. The molecule has 2 aromatic rings. The van der Waals surface area contributed by atoms with Gasteiger partial charge in [-0.25, -0.2) is 14.6 Å². The van der Waals surface area contributed by atoms with Crippen molar-refractivity contribution in [2.24, 2.45) is 0 Å². The topological polar surface area (TPSA) is 65.6 Å². The van der Waals surface area contributed by atoms with Crippen LogP contribution in [0.15, 0.2) is 17.4 Å². The Bertz CT molecular complexity index is 616. The molecule has 2 aromatic heterocycles. The van der Waals surface area contributed by atoms with Crippen molar-refractivity contribution >= 4 is 22.6 Å². The van der Waals surface area contributed by atoms with E-state index in [-0.39, 0.29) is 11.6 Å². The molecule has 2 heterocycles. The Balaban J connectivity index is 2.38. The first kappa shape index (κ1) is 13.2. The molecule has 2 rings (SSSR count). The van der Waals surface area contributed by atoms with Crippen molar-refractivity contribution in [1.82, 2.24) is 24.3 Å². The third-order valence-electron chi connectivity index (χ3n) is 2.61. The third kappa shape index (κ3) is 2.45. The summed E-state index contributed by atoms with van der Waals surface area (Å²) in [4.78, 5) is 20.4. The monoisotopic (exact) mass is 359 g/mol. The van der Waals surface area contributed by atoms with Crippen LogP contribution in [0.5, 0.6) is 0 Å². The van der Waals surface area contributed by atoms with Gasteiger partial charge in [0.1, 0.15) is 12.2 Å². The Morgan fingerprint density at radius 2 is 2.11 bits per heavy atom. The predicted molar refractivity (Wildman–Crippen MR) is 75.5 cm³/mol. The second-order valence-corrected chi connectivity index (χ2v) is 5.37. The first-order valence-corrected chi connectivity index (χ1v) is 6.68. The van der Waals surface area contributed by atoms with Crippen molar-refractivity contribution in [2.75, 3.05) is 0 Å². The van der Waals surface area contributed by atoms with E-state index in [9.17, 15) is 4.79 Å². The summed E-state index contributed by atoms with van der Waals surface area (Å²) >= 11 is 2.02. The normalized spacial score (nSPS) is 11.2. The minimum absolute atomic E-state index is 0.0404.